The van der Waals surface area contributed by atoms with Gasteiger partial charge in [-0.1, -0.05) is 30.7 Å². The number of β-amino-alcohol motifs (C(OH)–C–C–N with tert-alkyl or cyclic N) is 1. The molecule has 0 saturated carbocycles. The van der Waals surface area contributed by atoms with Crippen LogP contribution in [-0.2, 0) is 24.2 Å². The number of aromatic nitrogens is 2. The summed E-state index contributed by atoms with van der Waals surface area (Å²) in [7, 11) is 1.64. The van der Waals surface area contributed by atoms with Crippen molar-refractivity contribution in [2.24, 2.45) is 0 Å². The van der Waals surface area contributed by atoms with Crippen LogP contribution in [0.3, 0.4) is 0 Å². The van der Waals surface area contributed by atoms with E-state index in [0.29, 0.717) is 61.7 Å². The maximum atomic E-state index is 11.2. The molecule has 0 bridgehead atoms. The first-order valence-corrected chi connectivity index (χ1v) is 12.6. The van der Waals surface area contributed by atoms with E-state index >= 15 is 0 Å². The van der Waals surface area contributed by atoms with E-state index in [-0.39, 0.29) is 13.2 Å². The Morgan fingerprint density at radius 3 is 2.86 bits per heavy atom. The number of rotatable bonds is 11. The molecule has 0 aliphatic carbocycles. The molecular formula is C27H34ClN3O5. The Morgan fingerprint density at radius 2 is 2.06 bits per heavy atom. The van der Waals surface area contributed by atoms with Gasteiger partial charge in [-0.3, -0.25) is 4.90 Å². The topological polar surface area (TPSA) is 78.2 Å². The lowest BCUT2D eigenvalue weighted by molar-refractivity contribution is -0.0646. The van der Waals surface area contributed by atoms with Crippen molar-refractivity contribution in [3.8, 4) is 17.2 Å². The number of ether oxygens (including phenoxy) is 4. The average Bonchev–Trinajstić information content (AvgIpc) is 3.25. The van der Waals surface area contributed by atoms with Crippen LogP contribution in [0.15, 0.2) is 54.9 Å². The van der Waals surface area contributed by atoms with Gasteiger partial charge in [0.05, 0.1) is 26.9 Å². The van der Waals surface area contributed by atoms with Gasteiger partial charge in [-0.05, 0) is 35.9 Å². The monoisotopic (exact) mass is 515 g/mol. The number of imidazole rings is 1. The molecule has 194 valence electrons. The summed E-state index contributed by atoms with van der Waals surface area (Å²) in [6.45, 7) is 5.88. The molecule has 0 spiro atoms. The molecule has 1 fully saturated rings. The zero-order chi connectivity index (χ0) is 25.4. The van der Waals surface area contributed by atoms with Gasteiger partial charge in [0.25, 0.3) is 0 Å². The standard InChI is InChI=1S/C27H34ClN3O5/c1-3-26-29-9-10-31(26)12-14-35-25-15-21(7-8-24(25)33-2)17-30-11-13-34-19-27(32,18-30)20-36-23-6-4-5-22(28)16-23/h4-10,15-16,32H,3,11-14,17-20H2,1-2H3/t27-/m1/s1. The minimum atomic E-state index is -1.15. The lowest BCUT2D eigenvalue weighted by atomic mass is 10.1. The Labute approximate surface area is 217 Å². The molecule has 1 aromatic heterocycles. The maximum absolute atomic E-state index is 11.2. The smallest absolute Gasteiger partial charge is 0.161 e. The number of benzene rings is 2. The number of methoxy groups -OCH3 is 1. The van der Waals surface area contributed by atoms with E-state index in [9.17, 15) is 5.11 Å². The molecular weight excluding hydrogens is 482 g/mol. The summed E-state index contributed by atoms with van der Waals surface area (Å²) in [5, 5.41) is 11.8. The summed E-state index contributed by atoms with van der Waals surface area (Å²) in [6, 6.07) is 13.1. The van der Waals surface area contributed by atoms with Gasteiger partial charge in [-0.2, -0.15) is 0 Å². The Hall–Kier alpha value is -2.78. The molecule has 36 heavy (non-hydrogen) atoms. The minimum Gasteiger partial charge on any atom is -0.493 e. The summed E-state index contributed by atoms with van der Waals surface area (Å²) in [4.78, 5) is 6.52. The molecule has 1 aliphatic heterocycles. The normalized spacial score (nSPS) is 18.6. The van der Waals surface area contributed by atoms with Gasteiger partial charge in [-0.25, -0.2) is 4.98 Å². The van der Waals surface area contributed by atoms with Crippen LogP contribution in [0.1, 0.15) is 18.3 Å². The number of aliphatic hydroxyl groups is 1. The number of halogens is 1. The fourth-order valence-corrected chi connectivity index (χ4v) is 4.48. The fourth-order valence-electron chi connectivity index (χ4n) is 4.30. The van der Waals surface area contributed by atoms with Crippen molar-refractivity contribution in [3.63, 3.8) is 0 Å². The fraction of sp³-hybridized carbons (Fsp3) is 0.444. The van der Waals surface area contributed by atoms with Crippen LogP contribution in [0.4, 0.5) is 0 Å². The summed E-state index contributed by atoms with van der Waals surface area (Å²) in [5.74, 6) is 3.03. The van der Waals surface area contributed by atoms with Crippen molar-refractivity contribution in [2.45, 2.75) is 32.0 Å². The lowest BCUT2D eigenvalue weighted by Crippen LogP contribution is -2.48. The third-order valence-electron chi connectivity index (χ3n) is 6.09. The second-order valence-corrected chi connectivity index (χ2v) is 9.39. The van der Waals surface area contributed by atoms with Gasteiger partial charge in [0.2, 0.25) is 0 Å². The highest BCUT2D eigenvalue weighted by molar-refractivity contribution is 6.30. The average molecular weight is 516 g/mol. The lowest BCUT2D eigenvalue weighted by Gasteiger charge is -2.30. The van der Waals surface area contributed by atoms with Crippen molar-refractivity contribution in [1.29, 1.82) is 0 Å². The van der Waals surface area contributed by atoms with Crippen LogP contribution < -0.4 is 14.2 Å². The molecule has 1 aliphatic rings. The summed E-state index contributed by atoms with van der Waals surface area (Å²) < 4.78 is 25.3. The van der Waals surface area contributed by atoms with Gasteiger partial charge < -0.3 is 28.6 Å². The highest BCUT2D eigenvalue weighted by Gasteiger charge is 2.33. The molecule has 1 saturated heterocycles. The molecule has 1 N–H and O–H groups in total. The van der Waals surface area contributed by atoms with E-state index in [1.54, 1.807) is 19.2 Å². The minimum absolute atomic E-state index is 0.106. The zero-order valence-electron chi connectivity index (χ0n) is 20.9. The van der Waals surface area contributed by atoms with E-state index in [0.717, 1.165) is 17.8 Å². The highest BCUT2D eigenvalue weighted by Crippen LogP contribution is 2.29. The third-order valence-corrected chi connectivity index (χ3v) is 6.32. The molecule has 0 radical (unpaired) electrons. The molecule has 2 heterocycles. The highest BCUT2D eigenvalue weighted by atomic mass is 35.5. The molecule has 1 atom stereocenters. The van der Waals surface area contributed by atoms with E-state index < -0.39 is 5.60 Å². The third kappa shape index (κ3) is 7.13. The Kier molecular flexibility index (Phi) is 9.09. The first kappa shape index (κ1) is 26.3. The number of hydrogen-bond donors (Lipinski definition) is 1. The Morgan fingerprint density at radius 1 is 1.17 bits per heavy atom. The first-order valence-electron chi connectivity index (χ1n) is 12.2. The van der Waals surface area contributed by atoms with E-state index in [4.69, 9.17) is 30.5 Å². The van der Waals surface area contributed by atoms with Gasteiger partial charge in [0.15, 0.2) is 11.5 Å². The molecule has 3 aromatic rings. The molecule has 0 amide bonds. The van der Waals surface area contributed by atoms with Gasteiger partial charge in [0.1, 0.15) is 30.4 Å². The van der Waals surface area contributed by atoms with E-state index in [1.807, 2.05) is 42.7 Å². The van der Waals surface area contributed by atoms with Crippen LogP contribution in [-0.4, -0.2) is 71.8 Å². The number of aryl methyl sites for hydroxylation is 1. The predicted octanol–water partition coefficient (Wildman–Crippen LogP) is 3.83. The predicted molar refractivity (Wildman–Crippen MR) is 138 cm³/mol. The largest absolute Gasteiger partial charge is 0.493 e. The summed E-state index contributed by atoms with van der Waals surface area (Å²) in [5.41, 5.74) is -0.0884. The van der Waals surface area contributed by atoms with E-state index in [1.165, 1.54) is 0 Å². The second-order valence-electron chi connectivity index (χ2n) is 8.96. The molecule has 4 rings (SSSR count). The zero-order valence-corrected chi connectivity index (χ0v) is 21.6. The molecule has 9 heteroatoms. The quantitative estimate of drug-likeness (QED) is 0.416. The molecule has 0 unspecified atom stereocenters. The maximum Gasteiger partial charge on any atom is 0.161 e. The van der Waals surface area contributed by atoms with Crippen molar-refractivity contribution in [1.82, 2.24) is 14.5 Å². The first-order chi connectivity index (χ1) is 17.5. The van der Waals surface area contributed by atoms with Gasteiger partial charge in [0, 0.05) is 43.5 Å². The van der Waals surface area contributed by atoms with Crippen molar-refractivity contribution >= 4 is 11.6 Å². The van der Waals surface area contributed by atoms with Gasteiger partial charge >= 0.3 is 0 Å². The van der Waals surface area contributed by atoms with Gasteiger partial charge in [-0.15, -0.1) is 0 Å². The Bertz CT molecular complexity index is 1120. The van der Waals surface area contributed by atoms with Crippen LogP contribution in [0.5, 0.6) is 17.2 Å². The van der Waals surface area contributed by atoms with Crippen LogP contribution >= 0.6 is 11.6 Å². The SMILES string of the molecule is CCc1nccn1CCOc1cc(CN2CCOC[C@@](O)(COc3cccc(Cl)c3)C2)ccc1OC. The number of nitrogens with zero attached hydrogens (tertiary/aromatic N) is 3. The van der Waals surface area contributed by atoms with Crippen LogP contribution in [0.25, 0.3) is 0 Å². The van der Waals surface area contributed by atoms with E-state index in [2.05, 4.69) is 21.4 Å². The Balaban J connectivity index is 1.38. The number of hydrogen-bond acceptors (Lipinski definition) is 7. The van der Waals surface area contributed by atoms with Crippen LogP contribution in [0.2, 0.25) is 5.02 Å². The molecule has 2 aromatic carbocycles. The summed E-state index contributed by atoms with van der Waals surface area (Å²) >= 11 is 6.05. The van der Waals surface area contributed by atoms with Crippen LogP contribution in [0, 0.1) is 0 Å². The summed E-state index contributed by atoms with van der Waals surface area (Å²) in [6.07, 6.45) is 4.66. The second kappa shape index (κ2) is 12.5. The van der Waals surface area contributed by atoms with Crippen molar-refractivity contribution in [3.05, 3.63) is 71.3 Å². The van der Waals surface area contributed by atoms with Crippen molar-refractivity contribution < 1.29 is 24.1 Å². The van der Waals surface area contributed by atoms with Crippen molar-refractivity contribution in [2.75, 3.05) is 46.6 Å². The molecule has 8 nitrogen and oxygen atoms in total.